The zero-order valence-corrected chi connectivity index (χ0v) is 45.3. The molecule has 3 unspecified atom stereocenters. The van der Waals surface area contributed by atoms with E-state index in [2.05, 4.69) is 92.1 Å². The smallest absolute Gasteiger partial charge is 0.391 e. The Morgan fingerprint density at radius 3 is 1.28 bits per heavy atom. The van der Waals surface area contributed by atoms with E-state index in [0.717, 1.165) is 70.6 Å². The summed E-state index contributed by atoms with van der Waals surface area (Å²) in [6, 6.07) is -0.789. The van der Waals surface area contributed by atoms with Crippen LogP contribution in [0.5, 0.6) is 0 Å². The Morgan fingerprint density at radius 1 is 0.522 bits per heavy atom. The average Bonchev–Trinajstić information content (AvgIpc) is 3.29. The van der Waals surface area contributed by atoms with Crippen LogP contribution in [0.2, 0.25) is 0 Å². The number of allylic oxidation sites excluding steroid dienone is 12. The van der Waals surface area contributed by atoms with E-state index in [1.807, 2.05) is 21.1 Å². The lowest BCUT2D eigenvalue weighted by molar-refractivity contribution is -0.870. The van der Waals surface area contributed by atoms with Crippen LogP contribution in [0.25, 0.3) is 0 Å². The molecule has 0 spiro atoms. The van der Waals surface area contributed by atoms with Crippen molar-refractivity contribution in [2.24, 2.45) is 0 Å². The fourth-order valence-electron chi connectivity index (χ4n) is 7.87. The summed E-state index contributed by atoms with van der Waals surface area (Å²) in [4.78, 5) is 23.3. The predicted octanol–water partition coefficient (Wildman–Crippen LogP) is 16.7. The number of carbonyl (C=O) groups excluding carboxylic acids is 1. The highest BCUT2D eigenvalue weighted by Gasteiger charge is 2.28. The number of quaternary nitrogens is 1. The van der Waals surface area contributed by atoms with Crippen LogP contribution in [-0.2, 0) is 18.4 Å². The molecule has 0 aromatic heterocycles. The van der Waals surface area contributed by atoms with E-state index in [0.29, 0.717) is 30.3 Å². The molecule has 3 N–H and O–H groups in total. The standard InChI is InChI=1S/C58H107N2O6P/c1-6-8-10-12-14-16-18-20-22-24-26-28-29-30-32-33-35-37-39-41-43-45-47-49-51-57(61)56(55-66-67(63,64)65-54-53-60(3,4)5)59-58(62)52-50-48-46-44-42-40-38-36-34-31-27-25-23-21-19-17-15-13-11-9-7-2/h9,11,15,17,21,23,27,31,36,38,42,44,56-57,61H,6-8,10,12-14,16,18-20,22,24-26,28-30,32-35,37,39-41,43,45-55H2,1-5H3,(H-,59,62,63,64)/p+1/b11-9-,17-15-,23-21-,31-27-,38-36-,44-42-. The molecule has 0 aliphatic heterocycles. The molecule has 0 rings (SSSR count). The molecule has 0 aromatic carbocycles. The third kappa shape index (κ3) is 51.6. The summed E-state index contributed by atoms with van der Waals surface area (Å²) >= 11 is 0. The maximum atomic E-state index is 13.0. The number of nitrogens with zero attached hydrogens (tertiary/aromatic N) is 1. The van der Waals surface area contributed by atoms with Gasteiger partial charge in [-0.05, 0) is 64.2 Å². The molecule has 0 radical (unpaired) electrons. The molecule has 0 fully saturated rings. The minimum atomic E-state index is -4.34. The van der Waals surface area contributed by atoms with Crippen LogP contribution < -0.4 is 5.32 Å². The van der Waals surface area contributed by atoms with Crippen molar-refractivity contribution >= 4 is 13.7 Å². The van der Waals surface area contributed by atoms with Gasteiger partial charge in [0.25, 0.3) is 0 Å². The maximum Gasteiger partial charge on any atom is 0.472 e. The Morgan fingerprint density at radius 2 is 0.896 bits per heavy atom. The second-order valence-corrected chi connectivity index (χ2v) is 21.4. The highest BCUT2D eigenvalue weighted by Crippen LogP contribution is 2.43. The van der Waals surface area contributed by atoms with Gasteiger partial charge in [0.2, 0.25) is 5.91 Å². The van der Waals surface area contributed by atoms with Gasteiger partial charge in [0.1, 0.15) is 13.2 Å². The minimum absolute atomic E-state index is 0.0627. The third-order valence-corrected chi connectivity index (χ3v) is 13.2. The van der Waals surface area contributed by atoms with E-state index >= 15 is 0 Å². The second-order valence-electron chi connectivity index (χ2n) is 19.9. The number of rotatable bonds is 50. The van der Waals surface area contributed by atoms with Gasteiger partial charge in [-0.15, -0.1) is 0 Å². The number of phosphoric acid groups is 1. The van der Waals surface area contributed by atoms with Crippen molar-refractivity contribution in [1.29, 1.82) is 0 Å². The van der Waals surface area contributed by atoms with Crippen LogP contribution in [0.4, 0.5) is 0 Å². The van der Waals surface area contributed by atoms with Crippen LogP contribution in [0.15, 0.2) is 72.9 Å². The fourth-order valence-corrected chi connectivity index (χ4v) is 8.61. The topological polar surface area (TPSA) is 105 Å². The van der Waals surface area contributed by atoms with Gasteiger partial charge in [0, 0.05) is 6.42 Å². The Balaban J connectivity index is 4.28. The van der Waals surface area contributed by atoms with Gasteiger partial charge in [-0.25, -0.2) is 4.57 Å². The number of nitrogens with one attached hydrogen (secondary N) is 1. The third-order valence-electron chi connectivity index (χ3n) is 12.2. The second kappa shape index (κ2) is 48.9. The highest BCUT2D eigenvalue weighted by molar-refractivity contribution is 7.47. The number of hydrogen-bond acceptors (Lipinski definition) is 5. The molecule has 0 bridgehead atoms. The SMILES string of the molecule is CC/C=C\C/C=C\C/C=C\C/C=C\C/C=C\C/C=C\CCCCC(=O)NC(COP(=O)(O)OCC[N+](C)(C)C)C(O)CCCCCCCCCCCCCCCCCCCCCCCCCC. The van der Waals surface area contributed by atoms with Crippen molar-refractivity contribution in [2.45, 2.75) is 251 Å². The first-order chi connectivity index (χ1) is 32.5. The summed E-state index contributed by atoms with van der Waals surface area (Å²) in [5, 5.41) is 14.0. The molecule has 0 heterocycles. The molecule has 8 nitrogen and oxygen atoms in total. The zero-order chi connectivity index (χ0) is 49.2. The summed E-state index contributed by atoms with van der Waals surface area (Å²) in [7, 11) is 1.58. The number of unbranched alkanes of at least 4 members (excludes halogenated alkanes) is 25. The molecule has 390 valence electrons. The lowest BCUT2D eigenvalue weighted by Crippen LogP contribution is -2.46. The molecule has 0 aliphatic rings. The van der Waals surface area contributed by atoms with E-state index in [-0.39, 0.29) is 19.1 Å². The summed E-state index contributed by atoms with van der Waals surface area (Å²) in [5.41, 5.74) is 0. The van der Waals surface area contributed by atoms with Gasteiger partial charge in [-0.3, -0.25) is 13.8 Å². The lowest BCUT2D eigenvalue weighted by atomic mass is 10.0. The Bertz CT molecular complexity index is 1320. The molecule has 1 amide bonds. The minimum Gasteiger partial charge on any atom is -0.391 e. The number of carbonyl (C=O) groups is 1. The first-order valence-corrected chi connectivity index (χ1v) is 29.3. The van der Waals surface area contributed by atoms with Gasteiger partial charge in [0.05, 0.1) is 39.9 Å². The Hall–Kier alpha value is -2.06. The van der Waals surface area contributed by atoms with E-state index in [9.17, 15) is 19.4 Å². The molecule has 3 atom stereocenters. The van der Waals surface area contributed by atoms with Gasteiger partial charge < -0.3 is 19.8 Å². The largest absolute Gasteiger partial charge is 0.472 e. The Labute approximate surface area is 414 Å². The van der Waals surface area contributed by atoms with E-state index in [1.165, 1.54) is 135 Å². The quantitative estimate of drug-likeness (QED) is 0.0243. The maximum absolute atomic E-state index is 13.0. The zero-order valence-electron chi connectivity index (χ0n) is 44.4. The van der Waals surface area contributed by atoms with E-state index in [1.54, 1.807) is 0 Å². The number of aliphatic hydroxyl groups excluding tert-OH is 1. The molecular weight excluding hydrogens is 852 g/mol. The van der Waals surface area contributed by atoms with E-state index in [4.69, 9.17) is 9.05 Å². The van der Waals surface area contributed by atoms with Crippen molar-refractivity contribution in [3.05, 3.63) is 72.9 Å². The van der Waals surface area contributed by atoms with Crippen molar-refractivity contribution in [3.8, 4) is 0 Å². The highest BCUT2D eigenvalue weighted by atomic mass is 31.2. The number of amides is 1. The molecule has 0 saturated carbocycles. The normalized spacial score (nSPS) is 14.6. The monoisotopic (exact) mass is 960 g/mol. The molecule has 0 aromatic rings. The van der Waals surface area contributed by atoms with Crippen molar-refractivity contribution in [1.82, 2.24) is 5.32 Å². The molecular formula is C58H108N2O6P+. The first kappa shape index (κ1) is 64.9. The van der Waals surface area contributed by atoms with Crippen LogP contribution in [0.3, 0.4) is 0 Å². The van der Waals surface area contributed by atoms with Gasteiger partial charge in [-0.1, -0.05) is 241 Å². The van der Waals surface area contributed by atoms with Gasteiger partial charge in [-0.2, -0.15) is 0 Å². The van der Waals surface area contributed by atoms with E-state index < -0.39 is 20.0 Å². The van der Waals surface area contributed by atoms with Crippen molar-refractivity contribution in [3.63, 3.8) is 0 Å². The number of phosphoric ester groups is 1. The lowest BCUT2D eigenvalue weighted by Gasteiger charge is -2.26. The van der Waals surface area contributed by atoms with Crippen molar-refractivity contribution in [2.75, 3.05) is 40.9 Å². The molecule has 0 saturated heterocycles. The van der Waals surface area contributed by atoms with Crippen LogP contribution in [-0.4, -0.2) is 73.4 Å². The van der Waals surface area contributed by atoms with Crippen molar-refractivity contribution < 1.29 is 32.9 Å². The molecule has 9 heteroatoms. The number of hydrogen-bond donors (Lipinski definition) is 3. The van der Waals surface area contributed by atoms with Gasteiger partial charge in [0.15, 0.2) is 0 Å². The average molecular weight is 960 g/mol. The number of likely N-dealkylation sites (N-methyl/N-ethyl adjacent to an activating group) is 1. The van der Waals surface area contributed by atoms with Crippen LogP contribution in [0.1, 0.15) is 239 Å². The van der Waals surface area contributed by atoms with Crippen LogP contribution >= 0.6 is 7.82 Å². The predicted molar refractivity (Wildman–Crippen MR) is 290 cm³/mol. The molecule has 67 heavy (non-hydrogen) atoms. The fraction of sp³-hybridized carbons (Fsp3) is 0.776. The van der Waals surface area contributed by atoms with Crippen LogP contribution in [0, 0.1) is 0 Å². The molecule has 0 aliphatic carbocycles. The summed E-state index contributed by atoms with van der Waals surface area (Å²) in [6.45, 7) is 4.75. The van der Waals surface area contributed by atoms with Gasteiger partial charge >= 0.3 is 7.82 Å². The number of aliphatic hydroxyl groups is 1. The summed E-state index contributed by atoms with van der Waals surface area (Å²) in [6.07, 6.45) is 66.7. The Kier molecular flexibility index (Phi) is 47.4. The first-order valence-electron chi connectivity index (χ1n) is 27.8. The summed E-state index contributed by atoms with van der Waals surface area (Å²) in [5.74, 6) is -0.186. The summed E-state index contributed by atoms with van der Waals surface area (Å²) < 4.78 is 23.7.